The summed E-state index contributed by atoms with van der Waals surface area (Å²) in [6.45, 7) is 0. The molecule has 3 N–H and O–H groups in total. The van der Waals surface area contributed by atoms with Crippen LogP contribution in [0.15, 0.2) is 35.7 Å². The molecule has 5 heteroatoms. The molecule has 0 spiro atoms. The number of thiophene rings is 1. The molecule has 0 fully saturated rings. The normalized spacial score (nSPS) is 12.4. The summed E-state index contributed by atoms with van der Waals surface area (Å²) >= 11 is 1.54. The zero-order valence-electron chi connectivity index (χ0n) is 9.31. The molecule has 1 heterocycles. The Morgan fingerprint density at radius 2 is 2.00 bits per heavy atom. The Labute approximate surface area is 103 Å². The van der Waals surface area contributed by atoms with E-state index >= 15 is 0 Å². The van der Waals surface area contributed by atoms with Gasteiger partial charge in [0.15, 0.2) is 0 Å². The van der Waals surface area contributed by atoms with Gasteiger partial charge in [0.2, 0.25) is 0 Å². The maximum absolute atomic E-state index is 12.9. The fraction of sp³-hybridized carbons (Fsp3) is 0.167. The second-order valence-corrected chi connectivity index (χ2v) is 4.45. The van der Waals surface area contributed by atoms with Crippen molar-refractivity contribution in [1.29, 1.82) is 0 Å². The maximum atomic E-state index is 12.9. The summed E-state index contributed by atoms with van der Waals surface area (Å²) in [6.07, 6.45) is 0. The Morgan fingerprint density at radius 3 is 2.59 bits per heavy atom. The monoisotopic (exact) mass is 252 g/mol. The summed E-state index contributed by atoms with van der Waals surface area (Å²) in [5.41, 5.74) is 3.62. The van der Waals surface area contributed by atoms with Crippen LogP contribution < -0.4 is 16.0 Å². The summed E-state index contributed by atoms with van der Waals surface area (Å²) < 4.78 is 18.1. The van der Waals surface area contributed by atoms with Crippen LogP contribution in [0.2, 0.25) is 0 Å². The van der Waals surface area contributed by atoms with Crippen molar-refractivity contribution in [1.82, 2.24) is 5.43 Å². The number of rotatable bonds is 4. The van der Waals surface area contributed by atoms with Gasteiger partial charge in [-0.2, -0.15) is 0 Å². The first-order chi connectivity index (χ1) is 8.26. The van der Waals surface area contributed by atoms with Crippen molar-refractivity contribution < 1.29 is 9.13 Å². The van der Waals surface area contributed by atoms with Crippen LogP contribution in [0.3, 0.4) is 0 Å². The van der Waals surface area contributed by atoms with Gasteiger partial charge in [-0.1, -0.05) is 12.1 Å². The Morgan fingerprint density at radius 1 is 1.29 bits per heavy atom. The first kappa shape index (κ1) is 12.0. The van der Waals surface area contributed by atoms with Crippen molar-refractivity contribution in [3.05, 3.63) is 52.0 Å². The van der Waals surface area contributed by atoms with Gasteiger partial charge in [-0.25, -0.2) is 9.82 Å². The zero-order valence-corrected chi connectivity index (χ0v) is 10.1. The van der Waals surface area contributed by atoms with E-state index in [0.717, 1.165) is 16.2 Å². The molecule has 90 valence electrons. The average molecular weight is 252 g/mol. The highest BCUT2D eigenvalue weighted by molar-refractivity contribution is 7.10. The van der Waals surface area contributed by atoms with E-state index in [0.29, 0.717) is 0 Å². The lowest BCUT2D eigenvalue weighted by Gasteiger charge is -2.16. The van der Waals surface area contributed by atoms with Crippen LogP contribution in [0.25, 0.3) is 0 Å². The number of hydrazine groups is 1. The predicted molar refractivity (Wildman–Crippen MR) is 66.4 cm³/mol. The molecule has 0 radical (unpaired) electrons. The minimum atomic E-state index is -0.261. The number of hydrogen-bond donors (Lipinski definition) is 2. The molecule has 0 saturated carbocycles. The van der Waals surface area contributed by atoms with Gasteiger partial charge in [0.1, 0.15) is 11.6 Å². The average Bonchev–Trinajstić information content (AvgIpc) is 2.81. The number of ether oxygens (including phenoxy) is 1. The second kappa shape index (κ2) is 5.27. The van der Waals surface area contributed by atoms with E-state index in [-0.39, 0.29) is 11.9 Å². The highest BCUT2D eigenvalue weighted by Crippen LogP contribution is 2.34. The SMILES string of the molecule is COc1ccsc1C(NN)c1ccc(F)cc1. The number of halogens is 1. The van der Waals surface area contributed by atoms with E-state index in [1.54, 1.807) is 30.6 Å². The molecule has 2 aromatic rings. The summed E-state index contributed by atoms with van der Waals surface area (Å²) in [6, 6.07) is 7.94. The van der Waals surface area contributed by atoms with E-state index in [9.17, 15) is 4.39 Å². The first-order valence-corrected chi connectivity index (χ1v) is 5.97. The maximum Gasteiger partial charge on any atom is 0.134 e. The third-order valence-corrected chi connectivity index (χ3v) is 3.47. The van der Waals surface area contributed by atoms with Gasteiger partial charge >= 0.3 is 0 Å². The van der Waals surface area contributed by atoms with E-state index in [1.807, 2.05) is 11.4 Å². The number of methoxy groups -OCH3 is 1. The van der Waals surface area contributed by atoms with Gasteiger partial charge in [-0.05, 0) is 29.1 Å². The molecule has 17 heavy (non-hydrogen) atoms. The fourth-order valence-electron chi connectivity index (χ4n) is 1.67. The topological polar surface area (TPSA) is 47.3 Å². The summed E-state index contributed by atoms with van der Waals surface area (Å²) in [5.74, 6) is 6.08. The number of nitrogens with two attached hydrogens (primary N) is 1. The second-order valence-electron chi connectivity index (χ2n) is 3.50. The fourth-order valence-corrected chi connectivity index (χ4v) is 2.61. The molecular weight excluding hydrogens is 239 g/mol. The molecule has 1 aromatic carbocycles. The molecular formula is C12H13FN2OS. The van der Waals surface area contributed by atoms with E-state index in [4.69, 9.17) is 10.6 Å². The van der Waals surface area contributed by atoms with Crippen LogP contribution in [0.4, 0.5) is 4.39 Å². The van der Waals surface area contributed by atoms with Gasteiger partial charge in [0.05, 0.1) is 18.0 Å². The Balaban J connectivity index is 2.36. The van der Waals surface area contributed by atoms with Gasteiger partial charge in [0.25, 0.3) is 0 Å². The van der Waals surface area contributed by atoms with Crippen LogP contribution in [-0.2, 0) is 0 Å². The molecule has 0 aliphatic rings. The zero-order chi connectivity index (χ0) is 12.3. The molecule has 0 bridgehead atoms. The molecule has 0 aliphatic heterocycles. The largest absolute Gasteiger partial charge is 0.496 e. The molecule has 1 unspecified atom stereocenters. The summed E-state index contributed by atoms with van der Waals surface area (Å²) in [5, 5.41) is 1.93. The van der Waals surface area contributed by atoms with Crippen LogP contribution in [0, 0.1) is 5.82 Å². The number of nitrogens with one attached hydrogen (secondary N) is 1. The van der Waals surface area contributed by atoms with E-state index in [1.165, 1.54) is 12.1 Å². The smallest absolute Gasteiger partial charge is 0.134 e. The van der Waals surface area contributed by atoms with Gasteiger partial charge in [0, 0.05) is 0 Å². The Bertz CT molecular complexity index is 484. The minimum absolute atomic E-state index is 0.189. The molecule has 1 aromatic heterocycles. The lowest BCUT2D eigenvalue weighted by molar-refractivity contribution is 0.408. The number of hydrogen-bond acceptors (Lipinski definition) is 4. The predicted octanol–water partition coefficient (Wildman–Crippen LogP) is 2.45. The van der Waals surface area contributed by atoms with Crippen molar-refractivity contribution in [2.45, 2.75) is 6.04 Å². The number of benzene rings is 1. The van der Waals surface area contributed by atoms with Crippen molar-refractivity contribution >= 4 is 11.3 Å². The highest BCUT2D eigenvalue weighted by Gasteiger charge is 2.18. The molecule has 0 amide bonds. The van der Waals surface area contributed by atoms with Crippen LogP contribution in [0.1, 0.15) is 16.5 Å². The summed E-state index contributed by atoms with van der Waals surface area (Å²) in [4.78, 5) is 0.974. The first-order valence-electron chi connectivity index (χ1n) is 5.09. The van der Waals surface area contributed by atoms with Crippen LogP contribution in [-0.4, -0.2) is 7.11 Å². The third kappa shape index (κ3) is 2.46. The van der Waals surface area contributed by atoms with Crippen molar-refractivity contribution in [3.8, 4) is 5.75 Å². The van der Waals surface area contributed by atoms with Crippen molar-refractivity contribution in [3.63, 3.8) is 0 Å². The molecule has 1 atom stereocenters. The third-order valence-electron chi connectivity index (χ3n) is 2.51. The Kier molecular flexibility index (Phi) is 3.73. The quantitative estimate of drug-likeness (QED) is 0.649. The minimum Gasteiger partial charge on any atom is -0.496 e. The molecule has 2 rings (SSSR count). The van der Waals surface area contributed by atoms with Crippen molar-refractivity contribution in [2.24, 2.45) is 5.84 Å². The van der Waals surface area contributed by atoms with E-state index < -0.39 is 0 Å². The van der Waals surface area contributed by atoms with Crippen molar-refractivity contribution in [2.75, 3.05) is 7.11 Å². The lowest BCUT2D eigenvalue weighted by atomic mass is 10.1. The highest BCUT2D eigenvalue weighted by atomic mass is 32.1. The molecule has 3 nitrogen and oxygen atoms in total. The van der Waals surface area contributed by atoms with E-state index in [2.05, 4.69) is 5.43 Å². The van der Waals surface area contributed by atoms with Gasteiger partial charge < -0.3 is 4.74 Å². The van der Waals surface area contributed by atoms with Crippen LogP contribution >= 0.6 is 11.3 Å². The standard InChI is InChI=1S/C12H13FN2OS/c1-16-10-6-7-17-12(10)11(15-14)8-2-4-9(13)5-3-8/h2-7,11,15H,14H2,1H3. The summed E-state index contributed by atoms with van der Waals surface area (Å²) in [7, 11) is 1.61. The van der Waals surface area contributed by atoms with Gasteiger partial charge in [-0.3, -0.25) is 5.84 Å². The molecule has 0 saturated heterocycles. The lowest BCUT2D eigenvalue weighted by Crippen LogP contribution is -2.28. The van der Waals surface area contributed by atoms with Gasteiger partial charge in [-0.15, -0.1) is 11.3 Å². The van der Waals surface area contributed by atoms with Crippen LogP contribution in [0.5, 0.6) is 5.75 Å². The Hall–Kier alpha value is -1.43. The molecule has 0 aliphatic carbocycles.